The zero-order valence-corrected chi connectivity index (χ0v) is 16.1. The SMILES string of the molecule is CN1CN(c2cccc(C(F)(F)F)c2)c2c1cnc1ccc(-c3cccnc3)cc21. The van der Waals surface area contributed by atoms with Crippen molar-refractivity contribution in [3.63, 3.8) is 0 Å². The van der Waals surface area contributed by atoms with Crippen LogP contribution in [0.2, 0.25) is 0 Å². The van der Waals surface area contributed by atoms with Crippen molar-refractivity contribution in [1.82, 2.24) is 9.97 Å². The zero-order chi connectivity index (χ0) is 20.9. The molecule has 0 N–H and O–H groups in total. The predicted octanol–water partition coefficient (Wildman–Crippen LogP) is 5.86. The molecule has 2 aromatic heterocycles. The Morgan fingerprint density at radius 1 is 0.933 bits per heavy atom. The highest BCUT2D eigenvalue weighted by atomic mass is 19.4. The van der Waals surface area contributed by atoms with Gasteiger partial charge in [0.1, 0.15) is 0 Å². The Kier molecular flexibility index (Phi) is 4.13. The van der Waals surface area contributed by atoms with Crippen molar-refractivity contribution in [3.8, 4) is 11.1 Å². The Balaban J connectivity index is 1.70. The van der Waals surface area contributed by atoms with Crippen molar-refractivity contribution in [2.45, 2.75) is 6.18 Å². The fourth-order valence-electron chi connectivity index (χ4n) is 3.86. The van der Waals surface area contributed by atoms with Gasteiger partial charge in [0.2, 0.25) is 0 Å². The number of nitrogens with zero attached hydrogens (tertiary/aromatic N) is 4. The molecule has 0 aliphatic carbocycles. The summed E-state index contributed by atoms with van der Waals surface area (Å²) in [7, 11) is 1.91. The smallest absolute Gasteiger partial charge is 0.354 e. The van der Waals surface area contributed by atoms with Crippen molar-refractivity contribution < 1.29 is 13.2 Å². The normalized spacial score (nSPS) is 13.7. The highest BCUT2D eigenvalue weighted by molar-refractivity contribution is 6.04. The van der Waals surface area contributed by atoms with Gasteiger partial charge in [0, 0.05) is 36.1 Å². The standard InChI is InChI=1S/C23H17F3N4/c1-29-14-30(18-6-2-5-17(11-18)23(24,25)26)22-19-10-15(16-4-3-9-27-12-16)7-8-20(19)28-13-21(22)29/h2-13H,14H2,1H3. The number of benzene rings is 2. The lowest BCUT2D eigenvalue weighted by molar-refractivity contribution is -0.137. The maximum absolute atomic E-state index is 13.3. The molecule has 1 aliphatic rings. The van der Waals surface area contributed by atoms with E-state index in [0.717, 1.165) is 39.5 Å². The Morgan fingerprint density at radius 2 is 1.80 bits per heavy atom. The van der Waals surface area contributed by atoms with Crippen LogP contribution in [0, 0.1) is 0 Å². The second-order valence-corrected chi connectivity index (χ2v) is 7.28. The fraction of sp³-hybridized carbons (Fsp3) is 0.130. The average Bonchev–Trinajstić information content (AvgIpc) is 3.10. The molecule has 0 saturated heterocycles. The van der Waals surface area contributed by atoms with Crippen molar-refractivity contribution in [3.05, 3.63) is 78.8 Å². The Labute approximate surface area is 171 Å². The largest absolute Gasteiger partial charge is 0.416 e. The maximum atomic E-state index is 13.3. The molecule has 1 aliphatic heterocycles. The molecule has 3 heterocycles. The molecule has 0 radical (unpaired) electrons. The van der Waals surface area contributed by atoms with Gasteiger partial charge in [0.15, 0.2) is 0 Å². The van der Waals surface area contributed by atoms with Gasteiger partial charge in [0.05, 0.1) is 35.3 Å². The minimum absolute atomic E-state index is 0.439. The molecule has 0 amide bonds. The number of alkyl halides is 3. The first kappa shape index (κ1) is 18.4. The van der Waals surface area contributed by atoms with Gasteiger partial charge >= 0.3 is 6.18 Å². The molecule has 5 rings (SSSR count). The van der Waals surface area contributed by atoms with E-state index >= 15 is 0 Å². The molecule has 0 bridgehead atoms. The molecule has 30 heavy (non-hydrogen) atoms. The van der Waals surface area contributed by atoms with Crippen molar-refractivity contribution >= 4 is 28.0 Å². The van der Waals surface area contributed by atoms with Crippen LogP contribution in [-0.2, 0) is 6.18 Å². The highest BCUT2D eigenvalue weighted by Gasteiger charge is 2.33. The molecular formula is C23H17F3N4. The van der Waals surface area contributed by atoms with E-state index in [9.17, 15) is 13.2 Å². The third kappa shape index (κ3) is 3.03. The highest BCUT2D eigenvalue weighted by Crippen LogP contribution is 2.45. The van der Waals surface area contributed by atoms with Gasteiger partial charge < -0.3 is 9.80 Å². The van der Waals surface area contributed by atoms with Gasteiger partial charge in [-0.2, -0.15) is 13.2 Å². The molecule has 7 heteroatoms. The number of anilines is 3. The monoisotopic (exact) mass is 406 g/mol. The zero-order valence-electron chi connectivity index (χ0n) is 16.1. The summed E-state index contributed by atoms with van der Waals surface area (Å²) in [6.45, 7) is 0.439. The van der Waals surface area contributed by atoms with E-state index in [4.69, 9.17) is 0 Å². The Morgan fingerprint density at radius 3 is 2.57 bits per heavy atom. The summed E-state index contributed by atoms with van der Waals surface area (Å²) in [5.74, 6) is 0. The second kappa shape index (κ2) is 6.73. The first-order valence-corrected chi connectivity index (χ1v) is 9.41. The quantitative estimate of drug-likeness (QED) is 0.417. The van der Waals surface area contributed by atoms with E-state index in [1.165, 1.54) is 12.1 Å². The average molecular weight is 406 g/mol. The van der Waals surface area contributed by atoms with E-state index < -0.39 is 11.7 Å². The van der Waals surface area contributed by atoms with E-state index in [0.29, 0.717) is 12.4 Å². The summed E-state index contributed by atoms with van der Waals surface area (Å²) < 4.78 is 39.8. The minimum Gasteiger partial charge on any atom is -0.354 e. The lowest BCUT2D eigenvalue weighted by Gasteiger charge is -2.21. The van der Waals surface area contributed by atoms with Gasteiger partial charge in [-0.3, -0.25) is 9.97 Å². The number of halogens is 3. The van der Waals surface area contributed by atoms with Crippen LogP contribution in [0.1, 0.15) is 5.56 Å². The number of pyridine rings is 2. The van der Waals surface area contributed by atoms with E-state index in [2.05, 4.69) is 9.97 Å². The molecule has 0 fully saturated rings. The summed E-state index contributed by atoms with van der Waals surface area (Å²) in [6.07, 6.45) is 0.885. The van der Waals surface area contributed by atoms with Crippen LogP contribution < -0.4 is 9.80 Å². The molecule has 4 nitrogen and oxygen atoms in total. The van der Waals surface area contributed by atoms with Gasteiger partial charge in [-0.1, -0.05) is 18.2 Å². The summed E-state index contributed by atoms with van der Waals surface area (Å²) in [4.78, 5) is 12.6. The lowest BCUT2D eigenvalue weighted by Crippen LogP contribution is -2.24. The van der Waals surface area contributed by atoms with Crippen molar-refractivity contribution in [1.29, 1.82) is 0 Å². The topological polar surface area (TPSA) is 32.3 Å². The number of hydrogen-bond donors (Lipinski definition) is 0. The second-order valence-electron chi connectivity index (χ2n) is 7.28. The van der Waals surface area contributed by atoms with E-state index in [1.807, 2.05) is 47.2 Å². The van der Waals surface area contributed by atoms with E-state index in [1.54, 1.807) is 24.7 Å². The van der Waals surface area contributed by atoms with Crippen LogP contribution >= 0.6 is 0 Å². The molecular weight excluding hydrogens is 389 g/mol. The van der Waals surface area contributed by atoms with Gasteiger partial charge in [-0.05, 0) is 42.0 Å². The van der Waals surface area contributed by atoms with Crippen molar-refractivity contribution in [2.75, 3.05) is 23.5 Å². The van der Waals surface area contributed by atoms with Crippen LogP contribution in [0.4, 0.5) is 30.2 Å². The predicted molar refractivity (Wildman–Crippen MR) is 112 cm³/mol. The number of hydrogen-bond acceptors (Lipinski definition) is 4. The first-order chi connectivity index (χ1) is 14.4. The molecule has 0 atom stereocenters. The van der Waals surface area contributed by atoms with Crippen LogP contribution in [0.25, 0.3) is 22.0 Å². The molecule has 0 unspecified atom stereocenters. The minimum atomic E-state index is -4.39. The van der Waals surface area contributed by atoms with Gasteiger partial charge in [-0.15, -0.1) is 0 Å². The molecule has 0 saturated carbocycles. The summed E-state index contributed by atoms with van der Waals surface area (Å²) >= 11 is 0. The Hall–Kier alpha value is -3.61. The van der Waals surface area contributed by atoms with Crippen LogP contribution in [-0.4, -0.2) is 23.7 Å². The summed E-state index contributed by atoms with van der Waals surface area (Å²) in [5, 5.41) is 0.885. The molecule has 2 aromatic carbocycles. The van der Waals surface area contributed by atoms with E-state index in [-0.39, 0.29) is 0 Å². The fourth-order valence-corrected chi connectivity index (χ4v) is 3.86. The molecule has 150 valence electrons. The van der Waals surface area contributed by atoms with Crippen molar-refractivity contribution in [2.24, 2.45) is 0 Å². The maximum Gasteiger partial charge on any atom is 0.416 e. The van der Waals surface area contributed by atoms with Gasteiger partial charge in [0.25, 0.3) is 0 Å². The van der Waals surface area contributed by atoms with Crippen LogP contribution in [0.3, 0.4) is 0 Å². The van der Waals surface area contributed by atoms with Crippen LogP contribution in [0.15, 0.2) is 73.2 Å². The third-order valence-corrected chi connectivity index (χ3v) is 5.33. The number of fused-ring (bicyclic) bond motifs is 3. The Bertz CT molecular complexity index is 1240. The summed E-state index contributed by atoms with van der Waals surface area (Å²) in [6, 6.07) is 15.2. The summed E-state index contributed by atoms with van der Waals surface area (Å²) in [5.41, 5.74) is 4.29. The molecule has 0 spiro atoms. The lowest BCUT2D eigenvalue weighted by atomic mass is 10.0. The third-order valence-electron chi connectivity index (χ3n) is 5.33. The van der Waals surface area contributed by atoms with Gasteiger partial charge in [-0.25, -0.2) is 0 Å². The number of rotatable bonds is 2. The first-order valence-electron chi connectivity index (χ1n) is 9.41. The number of aromatic nitrogens is 2. The molecule has 4 aromatic rings. The van der Waals surface area contributed by atoms with Crippen LogP contribution in [0.5, 0.6) is 0 Å².